The normalized spacial score (nSPS) is 29.5. The van der Waals surface area contributed by atoms with E-state index in [4.69, 9.17) is 14.6 Å². The summed E-state index contributed by atoms with van der Waals surface area (Å²) in [6.45, 7) is 3.07. The summed E-state index contributed by atoms with van der Waals surface area (Å²) in [6, 6.07) is 7.77. The molecule has 3 atom stereocenters. The Hall–Kier alpha value is -1.43. The van der Waals surface area contributed by atoms with Crippen LogP contribution in [0.4, 0.5) is 0 Å². The van der Waals surface area contributed by atoms with E-state index in [1.165, 1.54) is 0 Å². The van der Waals surface area contributed by atoms with Crippen LogP contribution in [0.5, 0.6) is 0 Å². The number of aryl methyl sites for hydroxylation is 1. The molecule has 132 valence electrons. The zero-order chi connectivity index (χ0) is 17.2. The van der Waals surface area contributed by atoms with Crippen LogP contribution in [0, 0.1) is 6.92 Å². The lowest BCUT2D eigenvalue weighted by Crippen LogP contribution is -2.53. The zero-order valence-corrected chi connectivity index (χ0v) is 14.5. The molecule has 24 heavy (non-hydrogen) atoms. The molecular weight excluding hydrogens is 306 g/mol. The van der Waals surface area contributed by atoms with Crippen molar-refractivity contribution < 1.29 is 19.4 Å². The molecule has 5 nitrogen and oxygen atoms in total. The minimum absolute atomic E-state index is 0.0302. The Bertz CT molecular complexity index is 590. The molecule has 1 aliphatic heterocycles. The van der Waals surface area contributed by atoms with Crippen LogP contribution in [-0.4, -0.2) is 60.5 Å². The van der Waals surface area contributed by atoms with Crippen LogP contribution in [0.3, 0.4) is 0 Å². The predicted molar refractivity (Wildman–Crippen MR) is 91.0 cm³/mol. The Morgan fingerprint density at radius 1 is 1.38 bits per heavy atom. The number of nitrogens with zero attached hydrogens (tertiary/aromatic N) is 1. The molecule has 0 aromatic heterocycles. The van der Waals surface area contributed by atoms with E-state index in [2.05, 4.69) is 0 Å². The minimum Gasteiger partial charge on any atom is -0.394 e. The van der Waals surface area contributed by atoms with Gasteiger partial charge in [-0.25, -0.2) is 0 Å². The Labute approximate surface area is 143 Å². The smallest absolute Gasteiger partial charge is 0.254 e. The largest absolute Gasteiger partial charge is 0.394 e. The Balaban J connectivity index is 1.81. The van der Waals surface area contributed by atoms with Gasteiger partial charge in [-0.3, -0.25) is 4.79 Å². The molecule has 0 bridgehead atoms. The first-order chi connectivity index (χ1) is 11.6. The lowest BCUT2D eigenvalue weighted by Gasteiger charge is -2.43. The third kappa shape index (κ3) is 3.08. The van der Waals surface area contributed by atoms with Gasteiger partial charge in [0.2, 0.25) is 0 Å². The predicted octanol–water partition coefficient (Wildman–Crippen LogP) is 2.16. The third-order valence-electron chi connectivity index (χ3n) is 5.62. The fourth-order valence-corrected chi connectivity index (χ4v) is 4.24. The molecule has 1 amide bonds. The van der Waals surface area contributed by atoms with E-state index in [0.29, 0.717) is 6.61 Å². The highest BCUT2D eigenvalue weighted by molar-refractivity contribution is 5.96. The van der Waals surface area contributed by atoms with Gasteiger partial charge < -0.3 is 19.5 Å². The number of carbonyl (C=O) groups excluding carboxylic acids is 1. The van der Waals surface area contributed by atoms with Gasteiger partial charge in [-0.15, -0.1) is 0 Å². The molecule has 0 radical (unpaired) electrons. The van der Waals surface area contributed by atoms with E-state index >= 15 is 0 Å². The molecule has 2 aliphatic rings. The van der Waals surface area contributed by atoms with Crippen LogP contribution in [0.2, 0.25) is 0 Å². The fourth-order valence-electron chi connectivity index (χ4n) is 4.24. The number of likely N-dealkylation sites (tertiary alicyclic amines) is 1. The lowest BCUT2D eigenvalue weighted by atomic mass is 9.79. The first kappa shape index (κ1) is 17.4. The maximum atomic E-state index is 13.1. The van der Waals surface area contributed by atoms with Gasteiger partial charge in [0, 0.05) is 19.2 Å². The number of fused-ring (bicyclic) bond motifs is 1. The molecule has 1 aromatic rings. The second kappa shape index (κ2) is 7.21. The van der Waals surface area contributed by atoms with Crippen LogP contribution >= 0.6 is 0 Å². The summed E-state index contributed by atoms with van der Waals surface area (Å²) in [5.41, 5.74) is 1.52. The van der Waals surface area contributed by atoms with Gasteiger partial charge in [0.25, 0.3) is 5.91 Å². The molecule has 1 saturated heterocycles. The number of carbonyl (C=O) groups is 1. The van der Waals surface area contributed by atoms with Crippen molar-refractivity contribution in [2.24, 2.45) is 0 Å². The quantitative estimate of drug-likeness (QED) is 0.897. The Morgan fingerprint density at radius 2 is 2.17 bits per heavy atom. The van der Waals surface area contributed by atoms with Crippen molar-refractivity contribution in [3.05, 3.63) is 35.4 Å². The monoisotopic (exact) mass is 333 g/mol. The number of benzene rings is 1. The van der Waals surface area contributed by atoms with Gasteiger partial charge in [0.05, 0.1) is 31.0 Å². The van der Waals surface area contributed by atoms with Crippen molar-refractivity contribution in [1.82, 2.24) is 4.90 Å². The topological polar surface area (TPSA) is 59.0 Å². The number of rotatable bonds is 5. The summed E-state index contributed by atoms with van der Waals surface area (Å²) in [5.74, 6) is 0.0832. The summed E-state index contributed by atoms with van der Waals surface area (Å²) in [4.78, 5) is 15.1. The minimum atomic E-state index is -0.253. The van der Waals surface area contributed by atoms with E-state index in [9.17, 15) is 4.79 Å². The molecule has 1 N–H and O–H groups in total. The van der Waals surface area contributed by atoms with E-state index in [-0.39, 0.29) is 30.3 Å². The number of ether oxygens (including phenoxy) is 2. The van der Waals surface area contributed by atoms with Crippen LogP contribution in [0.1, 0.15) is 41.6 Å². The van der Waals surface area contributed by atoms with Crippen molar-refractivity contribution in [3.63, 3.8) is 0 Å². The Kier molecular flexibility index (Phi) is 5.23. The van der Waals surface area contributed by atoms with Crippen molar-refractivity contribution in [3.8, 4) is 0 Å². The van der Waals surface area contributed by atoms with E-state index in [1.807, 2.05) is 36.1 Å². The van der Waals surface area contributed by atoms with Crippen molar-refractivity contribution in [1.29, 1.82) is 0 Å². The Morgan fingerprint density at radius 3 is 2.88 bits per heavy atom. The van der Waals surface area contributed by atoms with E-state index in [0.717, 1.165) is 43.4 Å². The van der Waals surface area contributed by atoms with Crippen LogP contribution in [0.25, 0.3) is 0 Å². The molecule has 1 aliphatic carbocycles. The van der Waals surface area contributed by atoms with Gasteiger partial charge in [0.15, 0.2) is 0 Å². The second-order valence-corrected chi connectivity index (χ2v) is 6.84. The lowest BCUT2D eigenvalue weighted by molar-refractivity contribution is -0.0992. The SMILES string of the molecule is CO[C@@]12CCC(OCCO)CC1N(C(=O)c1ccccc1C)CC2. The van der Waals surface area contributed by atoms with Crippen molar-refractivity contribution in [2.75, 3.05) is 26.9 Å². The van der Waals surface area contributed by atoms with Gasteiger partial charge in [-0.1, -0.05) is 18.2 Å². The summed E-state index contributed by atoms with van der Waals surface area (Å²) in [6.07, 6.45) is 3.53. The van der Waals surface area contributed by atoms with Gasteiger partial charge in [-0.2, -0.15) is 0 Å². The molecular formula is C19H27NO4. The number of hydrogen-bond acceptors (Lipinski definition) is 4. The van der Waals surface area contributed by atoms with Crippen LogP contribution < -0.4 is 0 Å². The van der Waals surface area contributed by atoms with Crippen LogP contribution in [-0.2, 0) is 9.47 Å². The highest BCUT2D eigenvalue weighted by atomic mass is 16.5. The number of aliphatic hydroxyl groups is 1. The highest BCUT2D eigenvalue weighted by Gasteiger charge is 2.52. The molecule has 0 spiro atoms. The zero-order valence-electron chi connectivity index (χ0n) is 14.5. The van der Waals surface area contributed by atoms with E-state index in [1.54, 1.807) is 7.11 Å². The number of amides is 1. The van der Waals surface area contributed by atoms with Gasteiger partial charge in [0.1, 0.15) is 0 Å². The molecule has 5 heteroatoms. The summed E-state index contributed by atoms with van der Waals surface area (Å²) in [7, 11) is 1.75. The van der Waals surface area contributed by atoms with Crippen molar-refractivity contribution in [2.45, 2.75) is 50.4 Å². The third-order valence-corrected chi connectivity index (χ3v) is 5.62. The standard InChI is InChI=1S/C19H27NO4/c1-14-5-3-4-6-16(14)18(22)20-10-9-19(23-2)8-7-15(13-17(19)20)24-12-11-21/h3-6,15,17,21H,7-13H2,1-2H3/t15?,17?,19-/m1/s1. The van der Waals surface area contributed by atoms with Gasteiger partial charge in [-0.05, 0) is 44.2 Å². The molecule has 1 saturated carbocycles. The summed E-state index contributed by atoms with van der Waals surface area (Å²) in [5, 5.41) is 8.99. The molecule has 3 rings (SSSR count). The average Bonchev–Trinajstić information content (AvgIpc) is 2.99. The maximum absolute atomic E-state index is 13.1. The molecule has 1 aromatic carbocycles. The second-order valence-electron chi connectivity index (χ2n) is 6.84. The number of hydrogen-bond donors (Lipinski definition) is 1. The molecule has 2 fully saturated rings. The van der Waals surface area contributed by atoms with Crippen LogP contribution in [0.15, 0.2) is 24.3 Å². The van der Waals surface area contributed by atoms with Crippen molar-refractivity contribution >= 4 is 5.91 Å². The molecule has 1 heterocycles. The van der Waals surface area contributed by atoms with E-state index < -0.39 is 0 Å². The maximum Gasteiger partial charge on any atom is 0.254 e. The summed E-state index contributed by atoms with van der Waals surface area (Å²) >= 11 is 0. The average molecular weight is 333 g/mol. The highest BCUT2D eigenvalue weighted by Crippen LogP contribution is 2.43. The first-order valence-corrected chi connectivity index (χ1v) is 8.75. The number of aliphatic hydroxyl groups excluding tert-OH is 1. The molecule has 2 unspecified atom stereocenters. The summed E-state index contributed by atoms with van der Waals surface area (Å²) < 4.78 is 11.6. The van der Waals surface area contributed by atoms with Gasteiger partial charge >= 0.3 is 0 Å². The number of methoxy groups -OCH3 is 1. The fraction of sp³-hybridized carbons (Fsp3) is 0.632. The first-order valence-electron chi connectivity index (χ1n) is 8.75.